The average molecular weight is 438 g/mol. The van der Waals surface area contributed by atoms with Crippen LogP contribution in [0.1, 0.15) is 55.0 Å². The fourth-order valence-corrected chi connectivity index (χ4v) is 4.44. The third-order valence-corrected chi connectivity index (χ3v) is 6.05. The van der Waals surface area contributed by atoms with Crippen LogP contribution in [0.2, 0.25) is 0 Å². The molecule has 1 aromatic carbocycles. The summed E-state index contributed by atoms with van der Waals surface area (Å²) < 4.78 is 13.9. The van der Waals surface area contributed by atoms with Gasteiger partial charge in [-0.05, 0) is 51.0 Å². The summed E-state index contributed by atoms with van der Waals surface area (Å²) in [4.78, 5) is 27.5. The van der Waals surface area contributed by atoms with Gasteiger partial charge >= 0.3 is 5.69 Å². The Balaban J connectivity index is 1.36. The van der Waals surface area contributed by atoms with E-state index in [1.807, 2.05) is 36.9 Å². The van der Waals surface area contributed by atoms with Gasteiger partial charge in [0.05, 0.1) is 5.69 Å². The SMILES string of the molecule is CC(C)n1c(C2CCCN(C(=O)c3cc(-c4ccc5c(c4)OCO5)n[nH]3)C2)nn(C)c1=O. The molecule has 2 aliphatic heterocycles. The van der Waals surface area contributed by atoms with Gasteiger partial charge in [0, 0.05) is 37.7 Å². The summed E-state index contributed by atoms with van der Waals surface area (Å²) >= 11 is 0. The molecule has 5 rings (SSSR count). The van der Waals surface area contributed by atoms with E-state index < -0.39 is 0 Å². The molecule has 2 aliphatic rings. The summed E-state index contributed by atoms with van der Waals surface area (Å²) in [7, 11) is 1.67. The van der Waals surface area contributed by atoms with Gasteiger partial charge < -0.3 is 14.4 Å². The maximum atomic E-state index is 13.2. The van der Waals surface area contributed by atoms with Crippen molar-refractivity contribution in [3.63, 3.8) is 0 Å². The summed E-state index contributed by atoms with van der Waals surface area (Å²) in [5, 5.41) is 11.7. The highest BCUT2D eigenvalue weighted by molar-refractivity contribution is 5.93. The zero-order valence-corrected chi connectivity index (χ0v) is 18.4. The van der Waals surface area contributed by atoms with Crippen molar-refractivity contribution >= 4 is 5.91 Å². The van der Waals surface area contributed by atoms with E-state index in [9.17, 15) is 9.59 Å². The minimum Gasteiger partial charge on any atom is -0.454 e. The Morgan fingerprint density at radius 2 is 2.03 bits per heavy atom. The number of nitrogens with one attached hydrogen (secondary N) is 1. The number of benzene rings is 1. The number of carbonyl (C=O) groups excluding carboxylic acids is 1. The first-order valence-electron chi connectivity index (χ1n) is 10.8. The van der Waals surface area contributed by atoms with Gasteiger partial charge in [0.1, 0.15) is 11.5 Å². The fourth-order valence-electron chi connectivity index (χ4n) is 4.44. The Labute approximate surface area is 184 Å². The van der Waals surface area contributed by atoms with Crippen LogP contribution in [-0.4, -0.2) is 55.2 Å². The molecule has 4 heterocycles. The van der Waals surface area contributed by atoms with Gasteiger partial charge in [0.25, 0.3) is 5.91 Å². The van der Waals surface area contributed by atoms with Crippen LogP contribution in [0.15, 0.2) is 29.1 Å². The predicted molar refractivity (Wildman–Crippen MR) is 116 cm³/mol. The van der Waals surface area contributed by atoms with Gasteiger partial charge in [-0.15, -0.1) is 0 Å². The number of hydrogen-bond acceptors (Lipinski definition) is 6. The van der Waals surface area contributed by atoms with Crippen molar-refractivity contribution in [2.75, 3.05) is 19.9 Å². The summed E-state index contributed by atoms with van der Waals surface area (Å²) in [5.41, 5.74) is 1.81. The monoisotopic (exact) mass is 438 g/mol. The second-order valence-electron chi connectivity index (χ2n) is 8.55. The van der Waals surface area contributed by atoms with E-state index in [4.69, 9.17) is 9.47 Å². The average Bonchev–Trinajstić information content (AvgIpc) is 3.52. The number of piperidine rings is 1. The van der Waals surface area contributed by atoms with Crippen LogP contribution >= 0.6 is 0 Å². The first-order chi connectivity index (χ1) is 15.4. The number of likely N-dealkylation sites (tertiary alicyclic amines) is 1. The lowest BCUT2D eigenvalue weighted by molar-refractivity contribution is 0.0696. The zero-order chi connectivity index (χ0) is 22.4. The number of fused-ring (bicyclic) bond motifs is 1. The molecular weight excluding hydrogens is 412 g/mol. The number of aromatic nitrogens is 5. The van der Waals surface area contributed by atoms with Crippen molar-refractivity contribution in [1.29, 1.82) is 0 Å². The Kier molecular flexibility index (Phi) is 4.99. The van der Waals surface area contributed by atoms with Crippen molar-refractivity contribution in [2.45, 2.75) is 38.6 Å². The third-order valence-electron chi connectivity index (χ3n) is 6.05. The molecule has 0 radical (unpaired) electrons. The van der Waals surface area contributed by atoms with E-state index in [1.54, 1.807) is 17.7 Å². The molecule has 1 saturated heterocycles. The first kappa shape index (κ1) is 20.3. The standard InChI is InChI=1S/C22H26N6O4/c1-13(2)28-20(25-26(3)22(28)30)15-5-4-8-27(11-15)21(29)17-10-16(23-24-17)14-6-7-18-19(9-14)32-12-31-18/h6-7,9-10,13,15H,4-5,8,11-12H2,1-3H3,(H,23,24). The molecule has 32 heavy (non-hydrogen) atoms. The van der Waals surface area contributed by atoms with Gasteiger partial charge in [0.2, 0.25) is 6.79 Å². The van der Waals surface area contributed by atoms with Gasteiger partial charge in [-0.25, -0.2) is 9.48 Å². The maximum Gasteiger partial charge on any atom is 0.345 e. The van der Waals surface area contributed by atoms with E-state index >= 15 is 0 Å². The van der Waals surface area contributed by atoms with Gasteiger partial charge in [0.15, 0.2) is 11.5 Å². The predicted octanol–water partition coefficient (Wildman–Crippen LogP) is 2.30. The van der Waals surface area contributed by atoms with E-state index in [2.05, 4.69) is 15.3 Å². The lowest BCUT2D eigenvalue weighted by Gasteiger charge is -2.32. The summed E-state index contributed by atoms with van der Waals surface area (Å²) in [6.07, 6.45) is 1.74. The second-order valence-corrected chi connectivity index (χ2v) is 8.55. The number of rotatable bonds is 4. The number of nitrogens with zero attached hydrogens (tertiary/aromatic N) is 5. The van der Waals surface area contributed by atoms with Crippen LogP contribution in [-0.2, 0) is 7.05 Å². The van der Waals surface area contributed by atoms with Gasteiger partial charge in [-0.1, -0.05) is 0 Å². The quantitative estimate of drug-likeness (QED) is 0.670. The smallest absolute Gasteiger partial charge is 0.345 e. The molecule has 2 aromatic heterocycles. The molecule has 0 aliphatic carbocycles. The van der Waals surface area contributed by atoms with Crippen LogP contribution < -0.4 is 15.2 Å². The Hall–Kier alpha value is -3.56. The van der Waals surface area contributed by atoms with Crippen molar-refractivity contribution in [3.8, 4) is 22.8 Å². The van der Waals surface area contributed by atoms with Crippen LogP contribution in [0, 0.1) is 0 Å². The molecule has 3 aromatic rings. The van der Waals surface area contributed by atoms with Crippen molar-refractivity contribution in [3.05, 3.63) is 46.3 Å². The molecule has 1 N–H and O–H groups in total. The number of ether oxygens (including phenoxy) is 2. The first-order valence-corrected chi connectivity index (χ1v) is 10.8. The van der Waals surface area contributed by atoms with Crippen molar-refractivity contribution in [2.24, 2.45) is 7.05 Å². The lowest BCUT2D eigenvalue weighted by atomic mass is 9.96. The van der Waals surface area contributed by atoms with E-state index in [0.29, 0.717) is 36.0 Å². The largest absolute Gasteiger partial charge is 0.454 e. The molecule has 0 bridgehead atoms. The Bertz CT molecular complexity index is 1220. The topological polar surface area (TPSA) is 107 Å². The zero-order valence-electron chi connectivity index (χ0n) is 18.4. The molecule has 0 saturated carbocycles. The number of amides is 1. The number of carbonyl (C=O) groups is 1. The highest BCUT2D eigenvalue weighted by Crippen LogP contribution is 2.35. The van der Waals surface area contributed by atoms with Crippen LogP contribution in [0.25, 0.3) is 11.3 Å². The lowest BCUT2D eigenvalue weighted by Crippen LogP contribution is -2.40. The van der Waals surface area contributed by atoms with Gasteiger partial charge in [-0.2, -0.15) is 10.2 Å². The van der Waals surface area contributed by atoms with Crippen LogP contribution in [0.4, 0.5) is 0 Å². The number of aryl methyl sites for hydroxylation is 1. The van der Waals surface area contributed by atoms with Crippen molar-refractivity contribution in [1.82, 2.24) is 29.4 Å². The Morgan fingerprint density at radius 3 is 2.84 bits per heavy atom. The summed E-state index contributed by atoms with van der Waals surface area (Å²) in [6, 6.07) is 7.35. The second kappa shape index (κ2) is 7.85. The number of hydrogen-bond donors (Lipinski definition) is 1. The normalized spacial score (nSPS) is 17.9. The maximum absolute atomic E-state index is 13.2. The molecule has 1 amide bonds. The highest BCUT2D eigenvalue weighted by Gasteiger charge is 2.31. The van der Waals surface area contributed by atoms with E-state index in [-0.39, 0.29) is 30.3 Å². The summed E-state index contributed by atoms with van der Waals surface area (Å²) in [6.45, 7) is 5.33. The van der Waals surface area contributed by atoms with E-state index in [0.717, 1.165) is 24.2 Å². The molecule has 1 atom stereocenters. The van der Waals surface area contributed by atoms with E-state index in [1.165, 1.54) is 4.68 Å². The minimum absolute atomic E-state index is 0.00847. The third kappa shape index (κ3) is 3.45. The number of aromatic amines is 1. The minimum atomic E-state index is -0.125. The number of H-pyrrole nitrogens is 1. The molecule has 10 heteroatoms. The highest BCUT2D eigenvalue weighted by atomic mass is 16.7. The molecule has 168 valence electrons. The van der Waals surface area contributed by atoms with Crippen LogP contribution in [0.5, 0.6) is 11.5 Å². The molecule has 1 fully saturated rings. The van der Waals surface area contributed by atoms with Crippen LogP contribution in [0.3, 0.4) is 0 Å². The molecule has 0 spiro atoms. The summed E-state index contributed by atoms with van der Waals surface area (Å²) in [5.74, 6) is 2.03. The fraction of sp³-hybridized carbons (Fsp3) is 0.455. The molecular formula is C22H26N6O4. The Morgan fingerprint density at radius 1 is 1.22 bits per heavy atom. The van der Waals surface area contributed by atoms with Crippen molar-refractivity contribution < 1.29 is 14.3 Å². The molecule has 10 nitrogen and oxygen atoms in total. The molecule has 1 unspecified atom stereocenters. The van der Waals surface area contributed by atoms with Gasteiger partial charge in [-0.3, -0.25) is 14.5 Å².